The van der Waals surface area contributed by atoms with Crippen molar-refractivity contribution in [2.24, 2.45) is 11.8 Å². The van der Waals surface area contributed by atoms with Crippen LogP contribution >= 0.6 is 0 Å². The summed E-state index contributed by atoms with van der Waals surface area (Å²) < 4.78 is 0. The first-order valence-electron chi connectivity index (χ1n) is 8.71. The van der Waals surface area contributed by atoms with Gasteiger partial charge in [0.2, 0.25) is 0 Å². The van der Waals surface area contributed by atoms with Crippen LogP contribution < -0.4 is 0 Å². The van der Waals surface area contributed by atoms with E-state index < -0.39 is 18.2 Å². The fourth-order valence-electron chi connectivity index (χ4n) is 3.58. The van der Waals surface area contributed by atoms with Gasteiger partial charge in [0.25, 0.3) is 0 Å². The zero-order chi connectivity index (χ0) is 16.5. The van der Waals surface area contributed by atoms with Gasteiger partial charge in [-0.2, -0.15) is 0 Å². The lowest BCUT2D eigenvalue weighted by Crippen LogP contribution is -2.23. The molecule has 1 fully saturated rings. The molecule has 0 bridgehead atoms. The molecule has 0 amide bonds. The van der Waals surface area contributed by atoms with E-state index in [1.54, 1.807) is 0 Å². The Morgan fingerprint density at radius 3 is 2.23 bits per heavy atom. The molecule has 0 aromatic heterocycles. The standard InChI is InChI=1S/C17H32O5/c1-2-12(18)9-10-14-13(15(19)11-16(14)20)7-5-3-4-6-8-17(21)22/h12-16,18-20H,2-11H2,1H3,(H,21,22)/t12?,13-,14-,15?,16?/m1/s1. The van der Waals surface area contributed by atoms with E-state index in [-0.39, 0.29) is 24.4 Å². The van der Waals surface area contributed by atoms with E-state index in [0.717, 1.165) is 38.5 Å². The second-order valence-electron chi connectivity index (χ2n) is 6.68. The highest BCUT2D eigenvalue weighted by molar-refractivity contribution is 5.66. The molecule has 0 spiro atoms. The van der Waals surface area contributed by atoms with Crippen molar-refractivity contribution in [3.63, 3.8) is 0 Å². The second kappa shape index (κ2) is 10.2. The number of unbranched alkanes of at least 4 members (excludes halogenated alkanes) is 3. The minimum Gasteiger partial charge on any atom is -0.481 e. The Balaban J connectivity index is 2.29. The SMILES string of the molecule is CCC(O)CC[C@H]1C(O)CC(O)[C@@H]1CCCCCCC(=O)O. The molecule has 0 aromatic carbocycles. The van der Waals surface area contributed by atoms with Gasteiger partial charge in [-0.15, -0.1) is 0 Å². The monoisotopic (exact) mass is 316 g/mol. The Kier molecular flexibility index (Phi) is 8.98. The molecule has 0 radical (unpaired) electrons. The van der Waals surface area contributed by atoms with Crippen LogP contribution in [0, 0.1) is 11.8 Å². The van der Waals surface area contributed by atoms with Crippen molar-refractivity contribution in [1.29, 1.82) is 0 Å². The molecule has 5 heteroatoms. The molecule has 1 aliphatic rings. The molecule has 1 saturated carbocycles. The van der Waals surface area contributed by atoms with Gasteiger partial charge in [-0.1, -0.05) is 26.2 Å². The largest absolute Gasteiger partial charge is 0.481 e. The summed E-state index contributed by atoms with van der Waals surface area (Å²) in [4.78, 5) is 10.4. The van der Waals surface area contributed by atoms with Crippen LogP contribution in [0.1, 0.15) is 71.1 Å². The van der Waals surface area contributed by atoms with Crippen molar-refractivity contribution in [2.45, 2.75) is 89.4 Å². The highest BCUT2D eigenvalue weighted by atomic mass is 16.4. The maximum Gasteiger partial charge on any atom is 0.303 e. The second-order valence-corrected chi connectivity index (χ2v) is 6.68. The van der Waals surface area contributed by atoms with Crippen LogP contribution in [-0.4, -0.2) is 44.7 Å². The van der Waals surface area contributed by atoms with Crippen LogP contribution in [0.15, 0.2) is 0 Å². The van der Waals surface area contributed by atoms with E-state index in [1.165, 1.54) is 0 Å². The van der Waals surface area contributed by atoms with Gasteiger partial charge in [0.1, 0.15) is 0 Å². The Labute approximate surface area is 133 Å². The summed E-state index contributed by atoms with van der Waals surface area (Å²) in [5.41, 5.74) is 0. The zero-order valence-electron chi connectivity index (χ0n) is 13.7. The van der Waals surface area contributed by atoms with E-state index in [1.807, 2.05) is 6.92 Å². The molecule has 0 aliphatic heterocycles. The highest BCUT2D eigenvalue weighted by Gasteiger charge is 2.40. The number of aliphatic hydroxyl groups excluding tert-OH is 3. The topological polar surface area (TPSA) is 98.0 Å². The summed E-state index contributed by atoms with van der Waals surface area (Å²) in [7, 11) is 0. The molecular formula is C17H32O5. The van der Waals surface area contributed by atoms with E-state index in [2.05, 4.69) is 0 Å². The van der Waals surface area contributed by atoms with Crippen molar-refractivity contribution in [1.82, 2.24) is 0 Å². The maximum absolute atomic E-state index is 10.4. The number of hydrogen-bond donors (Lipinski definition) is 4. The summed E-state index contributed by atoms with van der Waals surface area (Å²) in [5, 5.41) is 38.5. The van der Waals surface area contributed by atoms with Crippen molar-refractivity contribution >= 4 is 5.97 Å². The number of carbonyl (C=O) groups is 1. The smallest absolute Gasteiger partial charge is 0.303 e. The Hall–Kier alpha value is -0.650. The minimum atomic E-state index is -0.746. The third-order valence-corrected chi connectivity index (χ3v) is 5.00. The van der Waals surface area contributed by atoms with Gasteiger partial charge in [-0.25, -0.2) is 0 Å². The van der Waals surface area contributed by atoms with Crippen LogP contribution in [-0.2, 0) is 4.79 Å². The van der Waals surface area contributed by atoms with E-state index in [0.29, 0.717) is 19.3 Å². The van der Waals surface area contributed by atoms with E-state index in [4.69, 9.17) is 5.11 Å². The van der Waals surface area contributed by atoms with Crippen LogP contribution in [0.25, 0.3) is 0 Å². The summed E-state index contributed by atoms with van der Waals surface area (Å²) in [6.07, 6.45) is 6.01. The van der Waals surface area contributed by atoms with Crippen molar-refractivity contribution in [2.75, 3.05) is 0 Å². The molecule has 4 N–H and O–H groups in total. The molecule has 0 saturated heterocycles. The third-order valence-electron chi connectivity index (χ3n) is 5.00. The molecule has 130 valence electrons. The van der Waals surface area contributed by atoms with Crippen LogP contribution in [0.2, 0.25) is 0 Å². The number of rotatable bonds is 11. The number of carboxylic acids is 1. The summed E-state index contributed by atoms with van der Waals surface area (Å²) in [5.74, 6) is -0.558. The summed E-state index contributed by atoms with van der Waals surface area (Å²) in [6.45, 7) is 1.94. The Bertz CT molecular complexity index is 320. The molecule has 1 rings (SSSR count). The first kappa shape index (κ1) is 19.4. The first-order chi connectivity index (χ1) is 10.5. The molecular weight excluding hydrogens is 284 g/mol. The lowest BCUT2D eigenvalue weighted by Gasteiger charge is -2.24. The van der Waals surface area contributed by atoms with Gasteiger partial charge >= 0.3 is 5.97 Å². The van der Waals surface area contributed by atoms with Crippen LogP contribution in [0.4, 0.5) is 0 Å². The van der Waals surface area contributed by atoms with Crippen LogP contribution in [0.5, 0.6) is 0 Å². The lowest BCUT2D eigenvalue weighted by molar-refractivity contribution is -0.137. The zero-order valence-corrected chi connectivity index (χ0v) is 13.7. The average molecular weight is 316 g/mol. The van der Waals surface area contributed by atoms with Gasteiger partial charge in [0.05, 0.1) is 18.3 Å². The Morgan fingerprint density at radius 2 is 1.64 bits per heavy atom. The fourth-order valence-corrected chi connectivity index (χ4v) is 3.58. The lowest BCUT2D eigenvalue weighted by atomic mass is 9.84. The first-order valence-corrected chi connectivity index (χ1v) is 8.71. The van der Waals surface area contributed by atoms with E-state index >= 15 is 0 Å². The van der Waals surface area contributed by atoms with Crippen molar-refractivity contribution in [3.8, 4) is 0 Å². The van der Waals surface area contributed by atoms with Crippen LogP contribution in [0.3, 0.4) is 0 Å². The van der Waals surface area contributed by atoms with Gasteiger partial charge in [-0.3, -0.25) is 4.79 Å². The molecule has 0 heterocycles. The molecule has 5 nitrogen and oxygen atoms in total. The number of carboxylic acid groups (broad SMARTS) is 1. The minimum absolute atomic E-state index is 0.0789. The van der Waals surface area contributed by atoms with Gasteiger partial charge in [0.15, 0.2) is 0 Å². The highest BCUT2D eigenvalue weighted by Crippen LogP contribution is 2.39. The predicted molar refractivity (Wildman–Crippen MR) is 84.5 cm³/mol. The molecule has 0 aromatic rings. The van der Waals surface area contributed by atoms with Crippen molar-refractivity contribution < 1.29 is 25.2 Å². The summed E-state index contributed by atoms with van der Waals surface area (Å²) in [6, 6.07) is 0. The molecule has 1 aliphatic carbocycles. The fraction of sp³-hybridized carbons (Fsp3) is 0.941. The predicted octanol–water partition coefficient (Wildman–Crippen LogP) is 2.32. The number of aliphatic carboxylic acids is 1. The summed E-state index contributed by atoms with van der Waals surface area (Å²) >= 11 is 0. The molecule has 5 atom stereocenters. The normalized spacial score (nSPS) is 29.6. The van der Waals surface area contributed by atoms with E-state index in [9.17, 15) is 20.1 Å². The molecule has 22 heavy (non-hydrogen) atoms. The number of hydrogen-bond acceptors (Lipinski definition) is 4. The van der Waals surface area contributed by atoms with Gasteiger partial charge in [-0.05, 0) is 50.4 Å². The number of aliphatic hydroxyl groups is 3. The maximum atomic E-state index is 10.4. The molecule has 3 unspecified atom stereocenters. The van der Waals surface area contributed by atoms with Gasteiger partial charge in [0, 0.05) is 6.42 Å². The van der Waals surface area contributed by atoms with Gasteiger partial charge < -0.3 is 20.4 Å². The third kappa shape index (κ3) is 6.63. The van der Waals surface area contributed by atoms with Crippen molar-refractivity contribution in [3.05, 3.63) is 0 Å². The average Bonchev–Trinajstić information content (AvgIpc) is 2.73. The Morgan fingerprint density at radius 1 is 1.05 bits per heavy atom. The quantitative estimate of drug-likeness (QED) is 0.439.